The van der Waals surface area contributed by atoms with E-state index in [1.54, 1.807) is 25.1 Å². The average molecular weight is 414 g/mol. The molecule has 0 amide bonds. The van der Waals surface area contributed by atoms with Crippen molar-refractivity contribution < 1.29 is 13.5 Å². The van der Waals surface area contributed by atoms with Crippen LogP contribution in [0.4, 0.5) is 0 Å². The van der Waals surface area contributed by atoms with Gasteiger partial charge in [-0.1, -0.05) is 35.3 Å². The molecule has 1 aliphatic rings. The Labute approximate surface area is 164 Å². The molecule has 0 spiro atoms. The first-order valence-corrected chi connectivity index (χ1v) is 10.9. The van der Waals surface area contributed by atoms with Crippen molar-refractivity contribution in [2.24, 2.45) is 0 Å². The van der Waals surface area contributed by atoms with Gasteiger partial charge in [0.1, 0.15) is 0 Å². The Hall–Kier alpha value is -1.11. The Kier molecular flexibility index (Phi) is 5.39. The second kappa shape index (κ2) is 7.13. The molecule has 0 aromatic heterocycles. The highest BCUT2D eigenvalue weighted by Crippen LogP contribution is 2.31. The quantitative estimate of drug-likeness (QED) is 0.830. The summed E-state index contributed by atoms with van der Waals surface area (Å²) in [6.07, 6.45) is 1.97. The topological polar surface area (TPSA) is 57.6 Å². The molecule has 1 unspecified atom stereocenters. The van der Waals surface area contributed by atoms with Crippen LogP contribution in [-0.2, 0) is 28.4 Å². The Morgan fingerprint density at radius 1 is 1.19 bits per heavy atom. The summed E-state index contributed by atoms with van der Waals surface area (Å²) in [4.78, 5) is 2.40. The van der Waals surface area contributed by atoms with Gasteiger partial charge in [0, 0.05) is 35.9 Å². The number of rotatable bonds is 4. The van der Waals surface area contributed by atoms with Crippen molar-refractivity contribution in [3.8, 4) is 0 Å². The number of fused-ring (bicyclic) bond motifs is 1. The molecule has 7 heteroatoms. The first-order chi connectivity index (χ1) is 12.1. The number of nitrogens with zero attached hydrogens (tertiary/aromatic N) is 1. The van der Waals surface area contributed by atoms with Crippen molar-refractivity contribution in [1.29, 1.82) is 0 Å². The maximum absolute atomic E-state index is 11.6. The van der Waals surface area contributed by atoms with E-state index in [-0.39, 0.29) is 4.90 Å². The standard InChI is InChI=1S/C19H21Cl2NO3S/c1-19(23,14-3-5-16(6-4-14)26(2,24)25)12-22-8-7-17-13(11-22)9-15(20)10-18(17)21/h3-6,9-10,23H,7-8,11-12H2,1-2H3. The van der Waals surface area contributed by atoms with E-state index in [1.807, 2.05) is 6.07 Å². The van der Waals surface area contributed by atoms with E-state index in [2.05, 4.69) is 4.90 Å². The highest BCUT2D eigenvalue weighted by Gasteiger charge is 2.29. The molecule has 0 fully saturated rings. The highest BCUT2D eigenvalue weighted by molar-refractivity contribution is 7.90. The van der Waals surface area contributed by atoms with Crippen LogP contribution in [0.5, 0.6) is 0 Å². The average Bonchev–Trinajstić information content (AvgIpc) is 2.53. The van der Waals surface area contributed by atoms with Crippen molar-refractivity contribution in [2.45, 2.75) is 30.4 Å². The fourth-order valence-corrected chi connectivity index (χ4v) is 4.65. The van der Waals surface area contributed by atoms with Gasteiger partial charge in [-0.3, -0.25) is 4.90 Å². The molecule has 26 heavy (non-hydrogen) atoms. The second-order valence-corrected chi connectivity index (χ2v) is 9.92. The van der Waals surface area contributed by atoms with E-state index < -0.39 is 15.4 Å². The molecule has 0 saturated heterocycles. The molecular formula is C19H21Cl2NO3S. The molecule has 1 aliphatic heterocycles. The van der Waals surface area contributed by atoms with Crippen LogP contribution in [0.2, 0.25) is 10.0 Å². The number of aliphatic hydroxyl groups is 1. The van der Waals surface area contributed by atoms with Crippen molar-refractivity contribution in [3.63, 3.8) is 0 Å². The lowest BCUT2D eigenvalue weighted by Crippen LogP contribution is -2.41. The molecule has 1 atom stereocenters. The van der Waals surface area contributed by atoms with Gasteiger partial charge in [0.05, 0.1) is 10.5 Å². The molecule has 140 valence electrons. The maximum Gasteiger partial charge on any atom is 0.175 e. The monoisotopic (exact) mass is 413 g/mol. The van der Waals surface area contributed by atoms with E-state index in [4.69, 9.17) is 23.2 Å². The molecule has 0 aliphatic carbocycles. The molecule has 0 saturated carbocycles. The summed E-state index contributed by atoms with van der Waals surface area (Å²) in [7, 11) is -3.25. The van der Waals surface area contributed by atoms with Gasteiger partial charge in [-0.15, -0.1) is 0 Å². The van der Waals surface area contributed by atoms with Gasteiger partial charge in [-0.05, 0) is 54.3 Å². The largest absolute Gasteiger partial charge is 0.384 e. The normalized spacial score (nSPS) is 17.6. The molecular weight excluding hydrogens is 393 g/mol. The van der Waals surface area contributed by atoms with Gasteiger partial charge in [-0.2, -0.15) is 0 Å². The van der Waals surface area contributed by atoms with E-state index in [1.165, 1.54) is 18.4 Å². The number of benzene rings is 2. The molecule has 3 rings (SSSR count). The van der Waals surface area contributed by atoms with Crippen molar-refractivity contribution in [1.82, 2.24) is 4.90 Å². The molecule has 4 nitrogen and oxygen atoms in total. The summed E-state index contributed by atoms with van der Waals surface area (Å²) in [5.74, 6) is 0. The fraction of sp³-hybridized carbons (Fsp3) is 0.368. The lowest BCUT2D eigenvalue weighted by Gasteiger charge is -2.35. The van der Waals surface area contributed by atoms with Crippen molar-refractivity contribution in [3.05, 3.63) is 63.1 Å². The third kappa shape index (κ3) is 4.24. The zero-order valence-electron chi connectivity index (χ0n) is 14.7. The van der Waals surface area contributed by atoms with Gasteiger partial charge in [-0.25, -0.2) is 8.42 Å². The number of β-amino-alcohol motifs (C(OH)–C–C–N with tert-alkyl or cyclic N) is 1. The lowest BCUT2D eigenvalue weighted by atomic mass is 9.93. The van der Waals surface area contributed by atoms with Gasteiger partial charge >= 0.3 is 0 Å². The van der Waals surface area contributed by atoms with Crippen LogP contribution in [0.25, 0.3) is 0 Å². The molecule has 2 aromatic carbocycles. The number of halogens is 2. The summed E-state index contributed by atoms with van der Waals surface area (Å²) < 4.78 is 23.2. The van der Waals surface area contributed by atoms with E-state index in [0.29, 0.717) is 28.7 Å². The maximum atomic E-state index is 11.6. The highest BCUT2D eigenvalue weighted by atomic mass is 35.5. The SMILES string of the molecule is CC(O)(CN1CCc2c(Cl)cc(Cl)cc2C1)c1ccc(S(C)(=O)=O)cc1. The Bertz CT molecular complexity index is 925. The van der Waals surface area contributed by atoms with Crippen LogP contribution in [0.15, 0.2) is 41.3 Å². The Morgan fingerprint density at radius 3 is 2.46 bits per heavy atom. The van der Waals surface area contributed by atoms with Crippen LogP contribution in [0.3, 0.4) is 0 Å². The van der Waals surface area contributed by atoms with Crippen molar-refractivity contribution >= 4 is 33.0 Å². The summed E-state index contributed by atoms with van der Waals surface area (Å²) in [5.41, 5.74) is 1.77. The zero-order chi connectivity index (χ0) is 19.1. The zero-order valence-corrected chi connectivity index (χ0v) is 17.0. The van der Waals surface area contributed by atoms with E-state index >= 15 is 0 Å². The molecule has 0 bridgehead atoms. The first kappa shape index (κ1) is 19.6. The summed E-state index contributed by atoms with van der Waals surface area (Å²) in [5, 5.41) is 12.2. The van der Waals surface area contributed by atoms with Gasteiger partial charge < -0.3 is 5.11 Å². The minimum atomic E-state index is -3.25. The van der Waals surface area contributed by atoms with E-state index in [0.717, 1.165) is 24.1 Å². The summed E-state index contributed by atoms with van der Waals surface area (Å²) >= 11 is 12.4. The Morgan fingerprint density at radius 2 is 1.85 bits per heavy atom. The van der Waals surface area contributed by atoms with E-state index in [9.17, 15) is 13.5 Å². The smallest absolute Gasteiger partial charge is 0.175 e. The number of sulfone groups is 1. The van der Waals surface area contributed by atoms with Gasteiger partial charge in [0.15, 0.2) is 9.84 Å². The minimum absolute atomic E-state index is 0.244. The van der Waals surface area contributed by atoms with Crippen LogP contribution < -0.4 is 0 Å². The first-order valence-electron chi connectivity index (χ1n) is 8.28. The third-order valence-electron chi connectivity index (χ3n) is 4.76. The molecule has 1 N–H and O–H groups in total. The summed E-state index contributed by atoms with van der Waals surface area (Å²) in [6.45, 7) is 3.61. The third-order valence-corrected chi connectivity index (χ3v) is 6.44. The lowest BCUT2D eigenvalue weighted by molar-refractivity contribution is 0.0117. The minimum Gasteiger partial charge on any atom is -0.384 e. The fourth-order valence-electron chi connectivity index (χ4n) is 3.39. The molecule has 1 heterocycles. The summed E-state index contributed by atoms with van der Waals surface area (Å²) in [6, 6.07) is 10.1. The van der Waals surface area contributed by atoms with Crippen molar-refractivity contribution in [2.75, 3.05) is 19.3 Å². The van der Waals surface area contributed by atoms with Crippen LogP contribution in [-0.4, -0.2) is 37.8 Å². The van der Waals surface area contributed by atoms with Gasteiger partial charge in [0.25, 0.3) is 0 Å². The van der Waals surface area contributed by atoms with Crippen LogP contribution >= 0.6 is 23.2 Å². The predicted molar refractivity (Wildman–Crippen MR) is 105 cm³/mol. The van der Waals surface area contributed by atoms with Crippen LogP contribution in [0.1, 0.15) is 23.6 Å². The molecule has 2 aromatic rings. The predicted octanol–water partition coefficient (Wildman–Crippen LogP) is 3.66. The number of hydrogen-bond acceptors (Lipinski definition) is 4. The number of hydrogen-bond donors (Lipinski definition) is 1. The van der Waals surface area contributed by atoms with Gasteiger partial charge in [0.2, 0.25) is 0 Å². The Balaban J connectivity index is 1.77. The van der Waals surface area contributed by atoms with Crippen LogP contribution in [0, 0.1) is 0 Å². The second-order valence-electron chi connectivity index (χ2n) is 7.06. The molecule has 0 radical (unpaired) electrons.